The van der Waals surface area contributed by atoms with Crippen molar-refractivity contribution in [3.05, 3.63) is 41.2 Å². The van der Waals surface area contributed by atoms with Gasteiger partial charge in [-0.3, -0.25) is 4.18 Å². The zero-order chi connectivity index (χ0) is 14.9. The highest BCUT2D eigenvalue weighted by molar-refractivity contribution is 7.86. The van der Waals surface area contributed by atoms with Crippen molar-refractivity contribution >= 4 is 10.1 Å². The van der Waals surface area contributed by atoms with E-state index in [1.165, 1.54) is 0 Å². The fourth-order valence-electron chi connectivity index (χ4n) is 2.39. The molecule has 21 heavy (non-hydrogen) atoms. The van der Waals surface area contributed by atoms with Crippen LogP contribution in [-0.4, -0.2) is 23.4 Å². The molecule has 1 aromatic carbocycles. The van der Waals surface area contributed by atoms with E-state index in [4.69, 9.17) is 4.18 Å². The van der Waals surface area contributed by atoms with Crippen LogP contribution in [0.4, 0.5) is 0 Å². The maximum Gasteiger partial charge on any atom is 0.297 e. The van der Waals surface area contributed by atoms with Crippen LogP contribution in [0.1, 0.15) is 29.8 Å². The highest BCUT2D eigenvalue weighted by atomic mass is 32.2. The Kier molecular flexibility index (Phi) is 3.77. The molecule has 1 aliphatic rings. The van der Waals surface area contributed by atoms with Crippen LogP contribution in [0.15, 0.2) is 29.2 Å². The molecule has 112 valence electrons. The van der Waals surface area contributed by atoms with Crippen molar-refractivity contribution in [2.75, 3.05) is 0 Å². The Morgan fingerprint density at radius 3 is 2.76 bits per heavy atom. The van der Waals surface area contributed by atoms with Crippen LogP contribution in [0, 0.1) is 6.92 Å². The molecule has 0 spiro atoms. The Bertz CT molecular complexity index is 735. The van der Waals surface area contributed by atoms with Gasteiger partial charge in [-0.2, -0.15) is 8.42 Å². The number of rotatable bonds is 4. The molecular formula is C14H17N3O3S. The van der Waals surface area contributed by atoms with E-state index in [0.29, 0.717) is 5.69 Å². The molecule has 0 saturated heterocycles. The van der Waals surface area contributed by atoms with E-state index >= 15 is 0 Å². The van der Waals surface area contributed by atoms with Crippen molar-refractivity contribution in [2.24, 2.45) is 0 Å². The van der Waals surface area contributed by atoms with Gasteiger partial charge in [0.15, 0.2) is 0 Å². The second-order valence-corrected chi connectivity index (χ2v) is 6.81. The SMILES string of the molecule is Cc1ccc(S(=O)(=O)OCc2nnn3c2CCCC3)cc1. The van der Waals surface area contributed by atoms with E-state index in [0.717, 1.165) is 37.1 Å². The first-order valence-electron chi connectivity index (χ1n) is 6.93. The predicted octanol–water partition coefficient (Wildman–Crippen LogP) is 1.83. The summed E-state index contributed by atoms with van der Waals surface area (Å²) in [5.74, 6) is 0. The molecule has 0 fully saturated rings. The number of aryl methyl sites for hydroxylation is 2. The first kappa shape index (κ1) is 14.2. The maximum absolute atomic E-state index is 12.1. The topological polar surface area (TPSA) is 74.1 Å². The lowest BCUT2D eigenvalue weighted by atomic mass is 10.1. The molecule has 6 nitrogen and oxygen atoms in total. The largest absolute Gasteiger partial charge is 0.297 e. The number of nitrogens with zero attached hydrogens (tertiary/aromatic N) is 3. The number of fused-ring (bicyclic) bond motifs is 1. The summed E-state index contributed by atoms with van der Waals surface area (Å²) in [4.78, 5) is 0.161. The Labute approximate surface area is 123 Å². The lowest BCUT2D eigenvalue weighted by Gasteiger charge is -2.13. The minimum absolute atomic E-state index is 0.0639. The van der Waals surface area contributed by atoms with E-state index in [2.05, 4.69) is 10.3 Å². The molecule has 1 aliphatic heterocycles. The first-order chi connectivity index (χ1) is 10.1. The zero-order valence-electron chi connectivity index (χ0n) is 11.8. The van der Waals surface area contributed by atoms with Crippen molar-refractivity contribution < 1.29 is 12.6 Å². The third-order valence-electron chi connectivity index (χ3n) is 3.61. The van der Waals surface area contributed by atoms with Gasteiger partial charge >= 0.3 is 0 Å². The minimum atomic E-state index is -3.76. The molecule has 1 aromatic heterocycles. The lowest BCUT2D eigenvalue weighted by Crippen LogP contribution is -2.13. The molecule has 0 unspecified atom stereocenters. The third kappa shape index (κ3) is 2.98. The number of hydrogen-bond acceptors (Lipinski definition) is 5. The normalized spacial score (nSPS) is 14.9. The van der Waals surface area contributed by atoms with Gasteiger partial charge in [-0.15, -0.1) is 5.10 Å². The molecule has 0 aliphatic carbocycles. The lowest BCUT2D eigenvalue weighted by molar-refractivity contribution is 0.301. The average molecular weight is 307 g/mol. The predicted molar refractivity (Wildman–Crippen MR) is 76.1 cm³/mol. The van der Waals surface area contributed by atoms with Gasteiger partial charge < -0.3 is 0 Å². The molecule has 7 heteroatoms. The summed E-state index contributed by atoms with van der Waals surface area (Å²) in [6, 6.07) is 6.59. The molecule has 0 N–H and O–H groups in total. The molecule has 2 aromatic rings. The Morgan fingerprint density at radius 1 is 1.24 bits per heavy atom. The highest BCUT2D eigenvalue weighted by Gasteiger charge is 2.20. The minimum Gasteiger partial charge on any atom is -0.260 e. The van der Waals surface area contributed by atoms with Gasteiger partial charge in [0.1, 0.15) is 12.3 Å². The van der Waals surface area contributed by atoms with Gasteiger partial charge in [0.05, 0.1) is 10.6 Å². The fourth-order valence-corrected chi connectivity index (χ4v) is 3.27. The van der Waals surface area contributed by atoms with E-state index in [1.807, 2.05) is 11.6 Å². The standard InChI is InChI=1S/C14H17N3O3S/c1-11-5-7-12(8-6-11)21(18,19)20-10-13-14-4-2-3-9-17(14)16-15-13/h5-8H,2-4,9-10H2,1H3. The Hall–Kier alpha value is -1.73. The number of benzene rings is 1. The van der Waals surface area contributed by atoms with Crippen LogP contribution in [0.25, 0.3) is 0 Å². The molecular weight excluding hydrogens is 290 g/mol. The summed E-state index contributed by atoms with van der Waals surface area (Å²) in [5, 5.41) is 8.07. The van der Waals surface area contributed by atoms with E-state index in [9.17, 15) is 8.42 Å². The molecule has 0 saturated carbocycles. The van der Waals surface area contributed by atoms with Crippen LogP contribution in [0.5, 0.6) is 0 Å². The van der Waals surface area contributed by atoms with Gasteiger partial charge in [-0.05, 0) is 38.3 Å². The quantitative estimate of drug-likeness (QED) is 0.806. The van der Waals surface area contributed by atoms with Crippen LogP contribution >= 0.6 is 0 Å². The zero-order valence-corrected chi connectivity index (χ0v) is 12.6. The number of hydrogen-bond donors (Lipinski definition) is 0. The van der Waals surface area contributed by atoms with Crippen molar-refractivity contribution in [1.29, 1.82) is 0 Å². The van der Waals surface area contributed by atoms with Gasteiger partial charge in [0.2, 0.25) is 0 Å². The van der Waals surface area contributed by atoms with Gasteiger partial charge in [-0.25, -0.2) is 4.68 Å². The summed E-state index contributed by atoms with van der Waals surface area (Å²) in [5.41, 5.74) is 2.60. The maximum atomic E-state index is 12.1. The average Bonchev–Trinajstić information content (AvgIpc) is 2.89. The van der Waals surface area contributed by atoms with Gasteiger partial charge in [0.25, 0.3) is 10.1 Å². The molecule has 0 atom stereocenters. The number of aromatic nitrogens is 3. The van der Waals surface area contributed by atoms with Gasteiger partial charge in [-0.1, -0.05) is 22.9 Å². The summed E-state index contributed by atoms with van der Waals surface area (Å²) in [6.07, 6.45) is 3.03. The monoisotopic (exact) mass is 307 g/mol. The smallest absolute Gasteiger partial charge is 0.260 e. The van der Waals surface area contributed by atoms with Crippen molar-refractivity contribution in [3.8, 4) is 0 Å². The summed E-state index contributed by atoms with van der Waals surface area (Å²) in [7, 11) is -3.76. The summed E-state index contributed by atoms with van der Waals surface area (Å²) >= 11 is 0. The van der Waals surface area contributed by atoms with Crippen LogP contribution in [-0.2, 0) is 33.9 Å². The molecule has 2 heterocycles. The van der Waals surface area contributed by atoms with Crippen LogP contribution in [0.2, 0.25) is 0 Å². The van der Waals surface area contributed by atoms with Crippen molar-refractivity contribution in [3.63, 3.8) is 0 Å². The first-order valence-corrected chi connectivity index (χ1v) is 8.34. The third-order valence-corrected chi connectivity index (χ3v) is 4.89. The summed E-state index contributed by atoms with van der Waals surface area (Å²) in [6.45, 7) is 2.68. The van der Waals surface area contributed by atoms with Gasteiger partial charge in [0, 0.05) is 6.54 Å². The van der Waals surface area contributed by atoms with E-state index in [-0.39, 0.29) is 11.5 Å². The fraction of sp³-hybridized carbons (Fsp3) is 0.429. The molecule has 0 bridgehead atoms. The summed E-state index contributed by atoms with van der Waals surface area (Å²) < 4.78 is 31.2. The van der Waals surface area contributed by atoms with Crippen LogP contribution in [0.3, 0.4) is 0 Å². The van der Waals surface area contributed by atoms with Crippen LogP contribution < -0.4 is 0 Å². The second kappa shape index (κ2) is 5.57. The van der Waals surface area contributed by atoms with E-state index in [1.54, 1.807) is 24.3 Å². The molecule has 0 amide bonds. The Balaban J connectivity index is 1.75. The highest BCUT2D eigenvalue weighted by Crippen LogP contribution is 2.19. The second-order valence-electron chi connectivity index (χ2n) is 5.19. The van der Waals surface area contributed by atoms with E-state index < -0.39 is 10.1 Å². The van der Waals surface area contributed by atoms with Crippen molar-refractivity contribution in [1.82, 2.24) is 15.0 Å². The molecule has 0 radical (unpaired) electrons. The molecule has 3 rings (SSSR count). The Morgan fingerprint density at radius 2 is 2.00 bits per heavy atom. The van der Waals surface area contributed by atoms with Crippen molar-refractivity contribution in [2.45, 2.75) is 44.2 Å².